The first-order chi connectivity index (χ1) is 18.7. The molecule has 7 rings (SSSR count). The molecule has 0 saturated carbocycles. The molecule has 0 N–H and O–H groups in total. The van der Waals surface area contributed by atoms with E-state index in [-0.39, 0.29) is 25.7 Å². The van der Waals surface area contributed by atoms with Crippen LogP contribution in [0.1, 0.15) is 28.3 Å². The number of pyridine rings is 1. The molecule has 3 aliphatic rings. The zero-order valence-corrected chi connectivity index (χ0v) is 20.7. The van der Waals surface area contributed by atoms with Gasteiger partial charge in [-0.25, -0.2) is 9.78 Å². The van der Waals surface area contributed by atoms with Gasteiger partial charge in [0.15, 0.2) is 13.6 Å². The van der Waals surface area contributed by atoms with Crippen molar-refractivity contribution in [2.75, 3.05) is 39.8 Å². The normalized spacial score (nSPS) is 17.6. The number of aromatic nitrogens is 4. The van der Waals surface area contributed by atoms with E-state index in [0.29, 0.717) is 50.6 Å². The average molecular weight is 515 g/mol. The summed E-state index contributed by atoms with van der Waals surface area (Å²) in [5, 5.41) is 8.08. The highest BCUT2D eigenvalue weighted by Crippen LogP contribution is 2.36. The Morgan fingerprint density at radius 1 is 0.842 bits per heavy atom. The summed E-state index contributed by atoms with van der Waals surface area (Å²) in [4.78, 5) is 21.7. The first kappa shape index (κ1) is 23.1. The van der Waals surface area contributed by atoms with Gasteiger partial charge in [0.1, 0.15) is 17.0 Å². The fourth-order valence-electron chi connectivity index (χ4n) is 5.39. The average Bonchev–Trinajstić information content (AvgIpc) is 3.41. The van der Waals surface area contributed by atoms with Gasteiger partial charge in [-0.1, -0.05) is 17.3 Å². The van der Waals surface area contributed by atoms with E-state index in [1.165, 1.54) is 4.68 Å². The van der Waals surface area contributed by atoms with E-state index in [9.17, 15) is 4.79 Å². The summed E-state index contributed by atoms with van der Waals surface area (Å²) in [6.45, 7) is 4.08. The smallest absolute Gasteiger partial charge is 0.346 e. The summed E-state index contributed by atoms with van der Waals surface area (Å²) in [5.41, 5.74) is 5.41. The highest BCUT2D eigenvalue weighted by molar-refractivity contribution is 5.86. The zero-order chi connectivity index (χ0) is 25.5. The van der Waals surface area contributed by atoms with Gasteiger partial charge in [-0.05, 0) is 47.5 Å². The maximum Gasteiger partial charge on any atom is 0.346 e. The highest BCUT2D eigenvalue weighted by Gasteiger charge is 2.31. The number of carbonyl (C=O) groups is 1. The summed E-state index contributed by atoms with van der Waals surface area (Å²) in [6.07, 6.45) is 1.64. The molecule has 0 radical (unpaired) electrons. The fourth-order valence-corrected chi connectivity index (χ4v) is 5.39. The number of piperazine rings is 1. The maximum atomic E-state index is 13.3. The van der Waals surface area contributed by atoms with Gasteiger partial charge in [0, 0.05) is 43.5 Å². The number of hydrogen-bond acceptors (Lipinski definition) is 9. The van der Waals surface area contributed by atoms with Crippen molar-refractivity contribution >= 4 is 17.2 Å². The van der Waals surface area contributed by atoms with E-state index < -0.39 is 0 Å². The van der Waals surface area contributed by atoms with Crippen molar-refractivity contribution in [2.24, 2.45) is 0 Å². The molecular formula is C27H26N6O5. The Bertz CT molecular complexity index is 1440. The van der Waals surface area contributed by atoms with Crippen molar-refractivity contribution in [1.29, 1.82) is 0 Å². The quantitative estimate of drug-likeness (QED) is 0.408. The third kappa shape index (κ3) is 4.14. The summed E-state index contributed by atoms with van der Waals surface area (Å²) in [6, 6.07) is 16.0. The van der Waals surface area contributed by atoms with Crippen LogP contribution in [0.3, 0.4) is 0 Å². The molecule has 1 amide bonds. The highest BCUT2D eigenvalue weighted by atomic mass is 16.7. The van der Waals surface area contributed by atoms with E-state index in [4.69, 9.17) is 18.9 Å². The molecule has 0 atom stereocenters. The second kappa shape index (κ2) is 9.67. The minimum atomic E-state index is -0.192. The molecule has 11 heteroatoms. The molecule has 2 aromatic carbocycles. The first-order valence-corrected chi connectivity index (χ1v) is 12.6. The van der Waals surface area contributed by atoms with Gasteiger partial charge in [-0.3, -0.25) is 4.90 Å². The minimum absolute atomic E-state index is 0.0249. The molecule has 11 nitrogen and oxygen atoms in total. The summed E-state index contributed by atoms with van der Waals surface area (Å²) < 4.78 is 23.7. The molecule has 0 spiro atoms. The number of nitrogens with zero attached hydrogens (tertiary/aromatic N) is 6. The molecule has 2 aromatic heterocycles. The van der Waals surface area contributed by atoms with Gasteiger partial charge < -0.3 is 23.8 Å². The van der Waals surface area contributed by atoms with E-state index in [1.807, 2.05) is 17.0 Å². The first-order valence-electron chi connectivity index (χ1n) is 12.6. The van der Waals surface area contributed by atoms with Crippen molar-refractivity contribution in [3.63, 3.8) is 0 Å². The number of benzene rings is 2. The van der Waals surface area contributed by atoms with Crippen LogP contribution in [0.25, 0.3) is 11.2 Å². The van der Waals surface area contributed by atoms with Crippen molar-refractivity contribution in [3.8, 4) is 11.5 Å². The van der Waals surface area contributed by atoms with E-state index in [1.54, 1.807) is 18.3 Å². The van der Waals surface area contributed by atoms with Crippen LogP contribution in [0, 0.1) is 0 Å². The standard InChI is InChI=1S/C27H26N6O5/c34-27(33-22-2-1-7-28-26(22)29-30-33)32-10-8-31(9-11-32)25(18-3-5-23-20(12-18)14-35-16-37-23)19-4-6-24-21(13-19)15-36-17-38-24/h1-7,12-13,25H,8-11,14-17H2. The third-order valence-electron chi connectivity index (χ3n) is 7.27. The van der Waals surface area contributed by atoms with Gasteiger partial charge >= 0.3 is 6.03 Å². The van der Waals surface area contributed by atoms with Gasteiger partial charge in [0.05, 0.1) is 19.3 Å². The molecule has 194 valence electrons. The number of fused-ring (bicyclic) bond motifs is 3. The van der Waals surface area contributed by atoms with Crippen LogP contribution in [-0.2, 0) is 22.7 Å². The summed E-state index contributed by atoms with van der Waals surface area (Å²) in [7, 11) is 0. The van der Waals surface area contributed by atoms with Crippen molar-refractivity contribution in [2.45, 2.75) is 19.3 Å². The van der Waals surface area contributed by atoms with Crippen molar-refractivity contribution in [1.82, 2.24) is 29.8 Å². The number of carbonyl (C=O) groups excluding carboxylic acids is 1. The van der Waals surface area contributed by atoms with Crippen molar-refractivity contribution < 1.29 is 23.7 Å². The molecule has 1 saturated heterocycles. The molecule has 0 aliphatic carbocycles. The lowest BCUT2D eigenvalue weighted by atomic mass is 9.93. The Hall–Kier alpha value is -4.06. The lowest BCUT2D eigenvalue weighted by Gasteiger charge is -2.40. The predicted octanol–water partition coefficient (Wildman–Crippen LogP) is 2.93. The molecule has 0 bridgehead atoms. The lowest BCUT2D eigenvalue weighted by Crippen LogP contribution is -2.51. The van der Waals surface area contributed by atoms with Crippen LogP contribution < -0.4 is 9.47 Å². The van der Waals surface area contributed by atoms with Crippen molar-refractivity contribution in [3.05, 3.63) is 77.0 Å². The largest absolute Gasteiger partial charge is 0.467 e. The van der Waals surface area contributed by atoms with Gasteiger partial charge in [0.25, 0.3) is 0 Å². The van der Waals surface area contributed by atoms with Gasteiger partial charge in [-0.15, -0.1) is 5.10 Å². The predicted molar refractivity (Wildman–Crippen MR) is 135 cm³/mol. The monoisotopic (exact) mass is 514 g/mol. The van der Waals surface area contributed by atoms with E-state index in [0.717, 1.165) is 33.8 Å². The molecule has 3 aliphatic heterocycles. The Labute approximate surface area is 218 Å². The van der Waals surface area contributed by atoms with Crippen LogP contribution in [0.4, 0.5) is 4.79 Å². The lowest BCUT2D eigenvalue weighted by molar-refractivity contribution is -0.0165. The molecule has 0 unspecified atom stereocenters. The molecule has 4 aromatic rings. The Balaban J connectivity index is 1.17. The SMILES string of the molecule is O=C(N1CCN(C(c2ccc3c(c2)COCO3)c2ccc3c(c2)COCO3)CC1)n1nnc2ncccc21. The molecule has 5 heterocycles. The topological polar surface area (TPSA) is 104 Å². The Kier molecular flexibility index (Phi) is 5.88. The fraction of sp³-hybridized carbons (Fsp3) is 0.333. The number of rotatable bonds is 3. The van der Waals surface area contributed by atoms with Crippen LogP contribution in [0.5, 0.6) is 11.5 Å². The third-order valence-corrected chi connectivity index (χ3v) is 7.27. The number of hydrogen-bond donors (Lipinski definition) is 0. The van der Waals surface area contributed by atoms with Gasteiger partial charge in [-0.2, -0.15) is 4.68 Å². The second-order valence-corrected chi connectivity index (χ2v) is 9.51. The van der Waals surface area contributed by atoms with E-state index in [2.05, 4.69) is 44.5 Å². The number of ether oxygens (including phenoxy) is 4. The van der Waals surface area contributed by atoms with Gasteiger partial charge in [0.2, 0.25) is 5.65 Å². The maximum absolute atomic E-state index is 13.3. The molecular weight excluding hydrogens is 488 g/mol. The summed E-state index contributed by atoms with van der Waals surface area (Å²) in [5.74, 6) is 1.71. The number of amides is 1. The summed E-state index contributed by atoms with van der Waals surface area (Å²) >= 11 is 0. The Morgan fingerprint density at radius 2 is 1.50 bits per heavy atom. The van der Waals surface area contributed by atoms with Crippen LogP contribution in [0.15, 0.2) is 54.7 Å². The van der Waals surface area contributed by atoms with Crippen LogP contribution >= 0.6 is 0 Å². The molecule has 38 heavy (non-hydrogen) atoms. The Morgan fingerprint density at radius 3 is 2.16 bits per heavy atom. The minimum Gasteiger partial charge on any atom is -0.467 e. The van der Waals surface area contributed by atoms with Crippen LogP contribution in [0.2, 0.25) is 0 Å². The molecule has 1 fully saturated rings. The van der Waals surface area contributed by atoms with Crippen LogP contribution in [-0.4, -0.2) is 75.6 Å². The van der Waals surface area contributed by atoms with E-state index >= 15 is 0 Å². The second-order valence-electron chi connectivity index (χ2n) is 9.51. The zero-order valence-electron chi connectivity index (χ0n) is 20.7.